The highest BCUT2D eigenvalue weighted by atomic mass is 16.6. The minimum Gasteiger partial charge on any atom is -0.460 e. The number of nitrogens with zero attached hydrogens (tertiary/aromatic N) is 2. The van der Waals surface area contributed by atoms with Crippen molar-refractivity contribution in [2.75, 3.05) is 32.0 Å². The van der Waals surface area contributed by atoms with Gasteiger partial charge in [-0.1, -0.05) is 48.3 Å². The maximum atomic E-state index is 13.3. The standard InChI is InChI=1S/C24H31N3O5/c1-27(17-22(28)25-21-13-16-31-26-21)14-11-20(12-15-27)32-23(29)24(30,19-9-5-6-10-19)18-7-3-2-4-8-18/h2-4,7-8,13,16,19-20,30H,5-6,9-12,14-15,17H2,1H3/p+1. The van der Waals surface area contributed by atoms with E-state index in [0.29, 0.717) is 48.3 Å². The quantitative estimate of drug-likeness (QED) is 0.505. The van der Waals surface area contributed by atoms with Crippen LogP contribution in [0.4, 0.5) is 5.82 Å². The highest BCUT2D eigenvalue weighted by Crippen LogP contribution is 2.42. The molecule has 1 amide bonds. The van der Waals surface area contributed by atoms with Gasteiger partial charge in [0, 0.05) is 24.8 Å². The third-order valence-electron chi connectivity index (χ3n) is 6.96. The molecule has 8 nitrogen and oxygen atoms in total. The molecule has 1 saturated heterocycles. The van der Waals surface area contributed by atoms with Crippen LogP contribution in [0.5, 0.6) is 0 Å². The summed E-state index contributed by atoms with van der Waals surface area (Å²) in [5.41, 5.74) is -0.997. The smallest absolute Gasteiger partial charge is 0.343 e. The van der Waals surface area contributed by atoms with E-state index in [0.717, 1.165) is 25.7 Å². The van der Waals surface area contributed by atoms with Crippen LogP contribution in [-0.2, 0) is 19.9 Å². The summed E-state index contributed by atoms with van der Waals surface area (Å²) in [6, 6.07) is 10.8. The van der Waals surface area contributed by atoms with Crippen molar-refractivity contribution in [3.8, 4) is 0 Å². The summed E-state index contributed by atoms with van der Waals surface area (Å²) in [4.78, 5) is 25.6. The molecule has 4 rings (SSSR count). The van der Waals surface area contributed by atoms with Gasteiger partial charge in [-0.3, -0.25) is 4.79 Å². The van der Waals surface area contributed by atoms with E-state index in [-0.39, 0.29) is 17.9 Å². The lowest BCUT2D eigenvalue weighted by atomic mass is 9.80. The molecule has 1 saturated carbocycles. The maximum absolute atomic E-state index is 13.3. The summed E-state index contributed by atoms with van der Waals surface area (Å²) in [6.07, 6.45) is 6.12. The zero-order chi connectivity index (χ0) is 22.6. The molecular formula is C24H32N3O5+. The van der Waals surface area contributed by atoms with Crippen LogP contribution in [-0.4, -0.2) is 59.4 Å². The molecule has 1 aliphatic heterocycles. The van der Waals surface area contributed by atoms with Crippen LogP contribution in [0.15, 0.2) is 47.2 Å². The Kier molecular flexibility index (Phi) is 6.62. The fraction of sp³-hybridized carbons (Fsp3) is 0.542. The van der Waals surface area contributed by atoms with Gasteiger partial charge in [0.25, 0.3) is 5.91 Å². The molecule has 2 fully saturated rings. The molecule has 1 unspecified atom stereocenters. The Morgan fingerprint density at radius 3 is 2.47 bits per heavy atom. The van der Waals surface area contributed by atoms with Crippen molar-refractivity contribution in [2.24, 2.45) is 5.92 Å². The number of anilines is 1. The monoisotopic (exact) mass is 442 g/mol. The van der Waals surface area contributed by atoms with Gasteiger partial charge in [-0.15, -0.1) is 0 Å². The number of benzene rings is 1. The van der Waals surface area contributed by atoms with Crippen LogP contribution >= 0.6 is 0 Å². The van der Waals surface area contributed by atoms with Gasteiger partial charge in [0.05, 0.1) is 20.1 Å². The second-order valence-electron chi connectivity index (χ2n) is 9.38. The number of hydrogen-bond acceptors (Lipinski definition) is 6. The van der Waals surface area contributed by atoms with Gasteiger partial charge in [-0.05, 0) is 18.4 Å². The van der Waals surface area contributed by atoms with E-state index in [2.05, 4.69) is 10.5 Å². The minimum atomic E-state index is -1.61. The number of nitrogens with one attached hydrogen (secondary N) is 1. The third kappa shape index (κ3) is 4.86. The average molecular weight is 443 g/mol. The summed E-state index contributed by atoms with van der Waals surface area (Å²) in [7, 11) is 2.03. The molecule has 172 valence electrons. The predicted octanol–water partition coefficient (Wildman–Crippen LogP) is 2.84. The lowest BCUT2D eigenvalue weighted by Gasteiger charge is -2.40. The highest BCUT2D eigenvalue weighted by Gasteiger charge is 2.49. The van der Waals surface area contributed by atoms with Crippen molar-refractivity contribution in [3.63, 3.8) is 0 Å². The number of likely N-dealkylation sites (N-methyl/N-ethyl adjacent to an activating group) is 1. The first-order valence-electron chi connectivity index (χ1n) is 11.4. The lowest BCUT2D eigenvalue weighted by molar-refractivity contribution is -0.907. The summed E-state index contributed by atoms with van der Waals surface area (Å²) in [5.74, 6) is -0.392. The predicted molar refractivity (Wildman–Crippen MR) is 117 cm³/mol. The summed E-state index contributed by atoms with van der Waals surface area (Å²) < 4.78 is 11.2. The van der Waals surface area contributed by atoms with Crippen molar-refractivity contribution < 1.29 is 28.4 Å². The van der Waals surface area contributed by atoms with Gasteiger partial charge in [-0.25, -0.2) is 4.79 Å². The van der Waals surface area contributed by atoms with Crippen molar-refractivity contribution >= 4 is 17.7 Å². The Hall–Kier alpha value is -2.71. The summed E-state index contributed by atoms with van der Waals surface area (Å²) >= 11 is 0. The van der Waals surface area contributed by atoms with Crippen LogP contribution in [0.2, 0.25) is 0 Å². The Morgan fingerprint density at radius 2 is 1.84 bits per heavy atom. The van der Waals surface area contributed by atoms with E-state index in [1.807, 2.05) is 37.4 Å². The van der Waals surface area contributed by atoms with Gasteiger partial charge in [0.1, 0.15) is 12.4 Å². The fourth-order valence-corrected chi connectivity index (χ4v) is 5.05. The van der Waals surface area contributed by atoms with Crippen molar-refractivity contribution in [3.05, 3.63) is 48.2 Å². The van der Waals surface area contributed by atoms with Crippen LogP contribution in [0.3, 0.4) is 0 Å². The molecule has 2 aromatic rings. The molecule has 1 aromatic carbocycles. The molecule has 2 heterocycles. The topological polar surface area (TPSA) is 102 Å². The molecule has 1 atom stereocenters. The molecule has 2 N–H and O–H groups in total. The SMILES string of the molecule is C[N+]1(CC(=O)Nc2ccon2)CCC(OC(=O)C(O)(c2ccccc2)C2CCCC2)CC1. The number of carbonyl (C=O) groups is 2. The Morgan fingerprint density at radius 1 is 1.16 bits per heavy atom. The van der Waals surface area contributed by atoms with Gasteiger partial charge in [0.2, 0.25) is 0 Å². The first-order valence-corrected chi connectivity index (χ1v) is 11.4. The number of likely N-dealkylation sites (tertiary alicyclic amines) is 1. The minimum absolute atomic E-state index is 0.123. The number of aromatic nitrogens is 1. The number of aliphatic hydroxyl groups is 1. The van der Waals surface area contributed by atoms with E-state index in [1.54, 1.807) is 6.07 Å². The number of amides is 1. The maximum Gasteiger partial charge on any atom is 0.343 e. The van der Waals surface area contributed by atoms with Crippen LogP contribution in [0, 0.1) is 5.92 Å². The van der Waals surface area contributed by atoms with E-state index in [1.165, 1.54) is 6.26 Å². The Bertz CT molecular complexity index is 903. The zero-order valence-electron chi connectivity index (χ0n) is 18.5. The number of carbonyl (C=O) groups excluding carboxylic acids is 2. The molecule has 1 aliphatic carbocycles. The molecule has 8 heteroatoms. The van der Waals surface area contributed by atoms with Gasteiger partial charge in [0.15, 0.2) is 18.0 Å². The van der Waals surface area contributed by atoms with Crippen LogP contribution in [0.25, 0.3) is 0 Å². The molecule has 0 spiro atoms. The lowest BCUT2D eigenvalue weighted by Crippen LogP contribution is -2.55. The number of quaternary nitrogens is 1. The first-order chi connectivity index (χ1) is 15.4. The third-order valence-corrected chi connectivity index (χ3v) is 6.96. The number of ether oxygens (including phenoxy) is 1. The van der Waals surface area contributed by atoms with E-state index >= 15 is 0 Å². The number of esters is 1. The normalized spacial score (nSPS) is 25.8. The molecule has 2 aliphatic rings. The first kappa shape index (κ1) is 22.5. The molecule has 32 heavy (non-hydrogen) atoms. The second kappa shape index (κ2) is 9.42. The zero-order valence-corrected chi connectivity index (χ0v) is 18.5. The molecule has 0 bridgehead atoms. The second-order valence-corrected chi connectivity index (χ2v) is 9.38. The van der Waals surface area contributed by atoms with Gasteiger partial charge in [-0.2, -0.15) is 0 Å². The number of rotatable bonds is 7. The molecule has 0 radical (unpaired) electrons. The van der Waals surface area contributed by atoms with Crippen molar-refractivity contribution in [1.82, 2.24) is 5.16 Å². The largest absolute Gasteiger partial charge is 0.460 e. The van der Waals surface area contributed by atoms with E-state index in [4.69, 9.17) is 9.26 Å². The Labute approximate surface area is 188 Å². The number of hydrogen-bond donors (Lipinski definition) is 2. The average Bonchev–Trinajstić information content (AvgIpc) is 3.50. The molecule has 1 aromatic heterocycles. The van der Waals surface area contributed by atoms with Gasteiger partial charge >= 0.3 is 5.97 Å². The summed E-state index contributed by atoms with van der Waals surface area (Å²) in [5, 5.41) is 18.0. The summed E-state index contributed by atoms with van der Waals surface area (Å²) in [6.45, 7) is 1.72. The Balaban J connectivity index is 1.36. The molecular weight excluding hydrogens is 410 g/mol. The van der Waals surface area contributed by atoms with Gasteiger partial charge < -0.3 is 24.2 Å². The van der Waals surface area contributed by atoms with Crippen molar-refractivity contribution in [2.45, 2.75) is 50.2 Å². The van der Waals surface area contributed by atoms with E-state index < -0.39 is 11.6 Å². The van der Waals surface area contributed by atoms with Crippen LogP contribution < -0.4 is 5.32 Å². The highest BCUT2D eigenvalue weighted by molar-refractivity contribution is 5.90. The van der Waals surface area contributed by atoms with Crippen LogP contribution in [0.1, 0.15) is 44.1 Å². The fourth-order valence-electron chi connectivity index (χ4n) is 5.05. The van der Waals surface area contributed by atoms with Crippen molar-refractivity contribution in [1.29, 1.82) is 0 Å². The number of piperidine rings is 1. The van der Waals surface area contributed by atoms with E-state index in [9.17, 15) is 14.7 Å².